The topological polar surface area (TPSA) is 62.2 Å². The number of thiazole rings is 1. The number of aryl methyl sites for hydroxylation is 1. The Bertz CT molecular complexity index is 468. The molecule has 6 heteroatoms. The van der Waals surface area contributed by atoms with E-state index in [1.54, 1.807) is 23.1 Å². The third-order valence-electron chi connectivity index (χ3n) is 3.97. The molecule has 0 radical (unpaired) electrons. The van der Waals surface area contributed by atoms with E-state index in [-0.39, 0.29) is 5.91 Å². The van der Waals surface area contributed by atoms with Gasteiger partial charge in [0.25, 0.3) is 0 Å². The summed E-state index contributed by atoms with van der Waals surface area (Å²) in [4.78, 5) is 16.2. The van der Waals surface area contributed by atoms with Crippen molar-refractivity contribution in [3.05, 3.63) is 16.1 Å². The maximum atomic E-state index is 11.8. The SMILES string of the molecule is Cc1nc(CSCC(=O)NCC2(O)CCC(C)CC2)cs1. The molecule has 1 aromatic rings. The van der Waals surface area contributed by atoms with Crippen LogP contribution in [0.15, 0.2) is 5.38 Å². The number of amides is 1. The zero-order valence-corrected chi connectivity index (χ0v) is 14.4. The van der Waals surface area contributed by atoms with E-state index in [2.05, 4.69) is 17.2 Å². The summed E-state index contributed by atoms with van der Waals surface area (Å²) >= 11 is 3.20. The van der Waals surface area contributed by atoms with Crippen LogP contribution in [0.2, 0.25) is 0 Å². The quantitative estimate of drug-likeness (QED) is 0.843. The van der Waals surface area contributed by atoms with E-state index in [9.17, 15) is 9.90 Å². The van der Waals surface area contributed by atoms with Gasteiger partial charge in [-0.3, -0.25) is 4.79 Å². The predicted octanol–water partition coefficient (Wildman–Crippen LogP) is 2.74. The second-order valence-electron chi connectivity index (χ2n) is 6.03. The lowest BCUT2D eigenvalue weighted by Crippen LogP contribution is -2.45. The summed E-state index contributed by atoms with van der Waals surface area (Å²) in [5, 5.41) is 16.4. The number of aliphatic hydroxyl groups is 1. The molecule has 21 heavy (non-hydrogen) atoms. The zero-order chi connectivity index (χ0) is 15.3. The molecule has 0 aromatic carbocycles. The van der Waals surface area contributed by atoms with Crippen molar-refractivity contribution in [3.8, 4) is 0 Å². The lowest BCUT2D eigenvalue weighted by molar-refractivity contribution is -0.120. The normalized spacial score (nSPS) is 25.8. The Kier molecular flexibility index (Phi) is 6.08. The molecule has 1 heterocycles. The van der Waals surface area contributed by atoms with Crippen LogP contribution in [-0.4, -0.2) is 33.9 Å². The molecule has 0 unspecified atom stereocenters. The van der Waals surface area contributed by atoms with Crippen LogP contribution >= 0.6 is 23.1 Å². The highest BCUT2D eigenvalue weighted by atomic mass is 32.2. The number of hydrogen-bond acceptors (Lipinski definition) is 5. The largest absolute Gasteiger partial charge is 0.388 e. The summed E-state index contributed by atoms with van der Waals surface area (Å²) in [5.74, 6) is 1.87. The standard InChI is InChI=1S/C15H24N2O2S2/c1-11-3-5-15(19,6-4-11)10-16-14(18)9-20-7-13-8-21-12(2)17-13/h8,11,19H,3-7,9-10H2,1-2H3,(H,16,18). The summed E-state index contributed by atoms with van der Waals surface area (Å²) in [6, 6.07) is 0. The van der Waals surface area contributed by atoms with E-state index in [1.165, 1.54) is 0 Å². The van der Waals surface area contributed by atoms with Gasteiger partial charge in [-0.25, -0.2) is 4.98 Å². The first-order chi connectivity index (χ1) is 9.97. The summed E-state index contributed by atoms with van der Waals surface area (Å²) in [7, 11) is 0. The van der Waals surface area contributed by atoms with Crippen molar-refractivity contribution in [1.29, 1.82) is 0 Å². The lowest BCUT2D eigenvalue weighted by Gasteiger charge is -2.34. The molecule has 0 bridgehead atoms. The Hall–Kier alpha value is -0.590. The molecule has 118 valence electrons. The number of carbonyl (C=O) groups excluding carboxylic acids is 1. The molecule has 2 rings (SSSR count). The van der Waals surface area contributed by atoms with E-state index < -0.39 is 5.60 Å². The van der Waals surface area contributed by atoms with Gasteiger partial charge in [0, 0.05) is 17.7 Å². The third-order valence-corrected chi connectivity index (χ3v) is 5.76. The first-order valence-electron chi connectivity index (χ1n) is 7.45. The highest BCUT2D eigenvalue weighted by Crippen LogP contribution is 2.31. The van der Waals surface area contributed by atoms with Gasteiger partial charge in [0.15, 0.2) is 0 Å². The molecule has 2 N–H and O–H groups in total. The van der Waals surface area contributed by atoms with Crippen molar-refractivity contribution in [2.75, 3.05) is 12.3 Å². The Morgan fingerprint density at radius 1 is 1.57 bits per heavy atom. The number of nitrogens with one attached hydrogen (secondary N) is 1. The second kappa shape index (κ2) is 7.61. The average molecular weight is 329 g/mol. The van der Waals surface area contributed by atoms with Crippen molar-refractivity contribution in [2.24, 2.45) is 5.92 Å². The van der Waals surface area contributed by atoms with Gasteiger partial charge in [-0.1, -0.05) is 6.92 Å². The van der Waals surface area contributed by atoms with Crippen LogP contribution in [0.4, 0.5) is 0 Å². The molecular formula is C15H24N2O2S2. The Morgan fingerprint density at radius 2 is 2.29 bits per heavy atom. The lowest BCUT2D eigenvalue weighted by atomic mass is 9.79. The molecule has 0 saturated heterocycles. The third kappa shape index (κ3) is 5.60. The molecule has 1 fully saturated rings. The van der Waals surface area contributed by atoms with Crippen LogP contribution < -0.4 is 5.32 Å². The van der Waals surface area contributed by atoms with Crippen LogP contribution in [0.3, 0.4) is 0 Å². The van der Waals surface area contributed by atoms with Crippen LogP contribution in [0, 0.1) is 12.8 Å². The summed E-state index contributed by atoms with van der Waals surface area (Å²) < 4.78 is 0. The average Bonchev–Trinajstić information content (AvgIpc) is 2.86. The molecule has 1 aliphatic carbocycles. The summed E-state index contributed by atoms with van der Waals surface area (Å²) in [6.07, 6.45) is 3.67. The Morgan fingerprint density at radius 3 is 2.90 bits per heavy atom. The number of nitrogens with zero attached hydrogens (tertiary/aromatic N) is 1. The smallest absolute Gasteiger partial charge is 0.230 e. The van der Waals surface area contributed by atoms with Gasteiger partial charge in [0.1, 0.15) is 0 Å². The van der Waals surface area contributed by atoms with E-state index in [4.69, 9.17) is 0 Å². The fourth-order valence-corrected chi connectivity index (χ4v) is 3.98. The molecule has 1 saturated carbocycles. The van der Waals surface area contributed by atoms with Crippen molar-refractivity contribution >= 4 is 29.0 Å². The van der Waals surface area contributed by atoms with Gasteiger partial charge in [-0.05, 0) is 38.5 Å². The van der Waals surface area contributed by atoms with E-state index in [0.717, 1.165) is 42.1 Å². The molecule has 0 spiro atoms. The van der Waals surface area contributed by atoms with Gasteiger partial charge in [-0.15, -0.1) is 23.1 Å². The second-order valence-corrected chi connectivity index (χ2v) is 8.08. The molecule has 1 aliphatic rings. The molecule has 1 aromatic heterocycles. The van der Waals surface area contributed by atoms with Crippen molar-refractivity contribution in [3.63, 3.8) is 0 Å². The molecule has 4 nitrogen and oxygen atoms in total. The first-order valence-corrected chi connectivity index (χ1v) is 9.48. The maximum Gasteiger partial charge on any atom is 0.230 e. The van der Waals surface area contributed by atoms with Gasteiger partial charge >= 0.3 is 0 Å². The highest BCUT2D eigenvalue weighted by molar-refractivity contribution is 7.99. The van der Waals surface area contributed by atoms with E-state index in [1.807, 2.05) is 12.3 Å². The number of aromatic nitrogens is 1. The van der Waals surface area contributed by atoms with E-state index in [0.29, 0.717) is 18.2 Å². The highest BCUT2D eigenvalue weighted by Gasteiger charge is 2.31. The Balaban J connectivity index is 1.63. The summed E-state index contributed by atoms with van der Waals surface area (Å²) in [6.45, 7) is 4.58. The predicted molar refractivity (Wildman–Crippen MR) is 88.6 cm³/mol. The minimum Gasteiger partial charge on any atom is -0.388 e. The fourth-order valence-electron chi connectivity index (χ4n) is 2.51. The van der Waals surface area contributed by atoms with Gasteiger partial charge in [0.05, 0.1) is 22.1 Å². The zero-order valence-electron chi connectivity index (χ0n) is 12.7. The number of thioether (sulfide) groups is 1. The number of rotatable bonds is 6. The van der Waals surface area contributed by atoms with Crippen LogP contribution in [0.1, 0.15) is 43.3 Å². The molecular weight excluding hydrogens is 304 g/mol. The monoisotopic (exact) mass is 328 g/mol. The van der Waals surface area contributed by atoms with Crippen molar-refractivity contribution in [1.82, 2.24) is 10.3 Å². The van der Waals surface area contributed by atoms with Gasteiger partial charge < -0.3 is 10.4 Å². The molecule has 0 atom stereocenters. The maximum absolute atomic E-state index is 11.8. The number of carbonyl (C=O) groups is 1. The van der Waals surface area contributed by atoms with Crippen molar-refractivity contribution in [2.45, 2.75) is 50.9 Å². The molecule has 0 aliphatic heterocycles. The van der Waals surface area contributed by atoms with Crippen LogP contribution in [0.5, 0.6) is 0 Å². The fraction of sp³-hybridized carbons (Fsp3) is 0.733. The first kappa shape index (κ1) is 16.8. The molecule has 1 amide bonds. The van der Waals surface area contributed by atoms with Gasteiger partial charge in [0.2, 0.25) is 5.91 Å². The Labute approximate surface area is 134 Å². The van der Waals surface area contributed by atoms with Crippen LogP contribution in [-0.2, 0) is 10.5 Å². The van der Waals surface area contributed by atoms with Crippen molar-refractivity contribution < 1.29 is 9.90 Å². The summed E-state index contributed by atoms with van der Waals surface area (Å²) in [5.41, 5.74) is 0.342. The van der Waals surface area contributed by atoms with Gasteiger partial charge in [-0.2, -0.15) is 0 Å². The van der Waals surface area contributed by atoms with E-state index >= 15 is 0 Å². The minimum absolute atomic E-state index is 0.000927. The number of hydrogen-bond donors (Lipinski definition) is 2. The minimum atomic E-state index is -0.696. The van der Waals surface area contributed by atoms with Crippen LogP contribution in [0.25, 0.3) is 0 Å².